The van der Waals surface area contributed by atoms with Gasteiger partial charge in [0.1, 0.15) is 11.5 Å². The van der Waals surface area contributed by atoms with E-state index in [1.165, 1.54) is 12.1 Å². The van der Waals surface area contributed by atoms with Crippen molar-refractivity contribution < 1.29 is 14.0 Å². The molecule has 0 spiro atoms. The number of fused-ring (bicyclic) bond motifs is 2. The Labute approximate surface area is 180 Å². The van der Waals surface area contributed by atoms with Crippen LogP contribution in [0.15, 0.2) is 36.8 Å². The van der Waals surface area contributed by atoms with Crippen molar-refractivity contribution in [2.24, 2.45) is 17.8 Å². The zero-order valence-electron chi connectivity index (χ0n) is 17.5. The Bertz CT molecular complexity index is 1080. The molecule has 2 aromatic rings. The molecular weight excluding hydrogens is 395 g/mol. The monoisotopic (exact) mass is 420 g/mol. The first-order valence-electron chi connectivity index (χ1n) is 11.1. The Morgan fingerprint density at radius 1 is 1.19 bits per heavy atom. The topological polar surface area (TPSA) is 75.2 Å². The number of halogens is 1. The van der Waals surface area contributed by atoms with Crippen molar-refractivity contribution in [3.8, 4) is 0 Å². The van der Waals surface area contributed by atoms with Crippen molar-refractivity contribution in [2.45, 2.75) is 56.7 Å². The Morgan fingerprint density at radius 2 is 2.06 bits per heavy atom. The molecule has 5 atom stereocenters. The first kappa shape index (κ1) is 18.9. The maximum absolute atomic E-state index is 13.1. The fourth-order valence-electron chi connectivity index (χ4n) is 7.10. The first-order chi connectivity index (χ1) is 14.9. The number of carbonyl (C=O) groups is 2. The number of pyridine rings is 2. The van der Waals surface area contributed by atoms with Crippen LogP contribution in [0.25, 0.3) is 0 Å². The van der Waals surface area contributed by atoms with Crippen molar-refractivity contribution in [1.29, 1.82) is 0 Å². The largest absolute Gasteiger partial charge is 0.345 e. The zero-order valence-corrected chi connectivity index (χ0v) is 17.5. The summed E-state index contributed by atoms with van der Waals surface area (Å²) < 4.78 is 13.1. The highest BCUT2D eigenvalue weighted by molar-refractivity contribution is 5.98. The molecule has 4 aliphatic rings. The second kappa shape index (κ2) is 6.34. The Kier molecular flexibility index (Phi) is 3.87. The third kappa shape index (κ3) is 2.75. The van der Waals surface area contributed by atoms with E-state index in [1.54, 1.807) is 12.4 Å². The third-order valence-electron chi connectivity index (χ3n) is 8.27. The van der Waals surface area contributed by atoms with Gasteiger partial charge in [0.2, 0.25) is 0 Å². The summed E-state index contributed by atoms with van der Waals surface area (Å²) in [6.45, 7) is 2.90. The smallest absolute Gasteiger partial charge is 0.270 e. The average Bonchev–Trinajstić information content (AvgIpc) is 3.17. The fraction of sp³-hybridized carbons (Fsp3) is 0.500. The second-order valence-corrected chi connectivity index (χ2v) is 10.2. The number of nitrogens with one attached hydrogen (secondary N) is 1. The van der Waals surface area contributed by atoms with E-state index in [0.29, 0.717) is 24.3 Å². The summed E-state index contributed by atoms with van der Waals surface area (Å²) in [4.78, 5) is 36.0. The standard InChI is InChI=1S/C24H25FN4O2/c1-23(29-13-15-4-5-26-12-18(15)22(29)31)7-14-6-19-16(9-23)10-24(19,8-14)28-21(30)20-3-2-17(25)11-27-20/h2-5,11-12,14,16,19H,6-10,13H2,1H3,(H,28,30). The summed E-state index contributed by atoms with van der Waals surface area (Å²) in [5.74, 6) is 0.841. The van der Waals surface area contributed by atoms with Gasteiger partial charge < -0.3 is 10.2 Å². The molecule has 160 valence electrons. The van der Waals surface area contributed by atoms with E-state index < -0.39 is 5.82 Å². The Morgan fingerprint density at radius 3 is 2.84 bits per heavy atom. The molecule has 5 unspecified atom stereocenters. The van der Waals surface area contributed by atoms with Crippen LogP contribution in [-0.2, 0) is 6.54 Å². The van der Waals surface area contributed by atoms with Gasteiger partial charge in [-0.05, 0) is 80.5 Å². The van der Waals surface area contributed by atoms with E-state index in [4.69, 9.17) is 0 Å². The van der Waals surface area contributed by atoms with Crippen molar-refractivity contribution in [1.82, 2.24) is 20.2 Å². The summed E-state index contributed by atoms with van der Waals surface area (Å²) in [6, 6.07) is 4.66. The van der Waals surface area contributed by atoms with Gasteiger partial charge >= 0.3 is 0 Å². The highest BCUT2D eigenvalue weighted by atomic mass is 19.1. The molecule has 2 amide bonds. The normalized spacial score (nSPS) is 35.4. The maximum Gasteiger partial charge on any atom is 0.270 e. The molecule has 3 saturated carbocycles. The lowest BCUT2D eigenvalue weighted by Crippen LogP contribution is -2.64. The van der Waals surface area contributed by atoms with Crippen LogP contribution in [0, 0.1) is 23.6 Å². The van der Waals surface area contributed by atoms with Crippen molar-refractivity contribution in [2.75, 3.05) is 0 Å². The molecule has 6 rings (SSSR count). The molecule has 31 heavy (non-hydrogen) atoms. The van der Waals surface area contributed by atoms with Gasteiger partial charge in [-0.15, -0.1) is 0 Å². The predicted molar refractivity (Wildman–Crippen MR) is 110 cm³/mol. The quantitative estimate of drug-likeness (QED) is 0.827. The first-order valence-corrected chi connectivity index (χ1v) is 11.1. The molecule has 0 saturated heterocycles. The fourth-order valence-corrected chi connectivity index (χ4v) is 7.10. The lowest BCUT2D eigenvalue weighted by Gasteiger charge is -2.56. The molecule has 3 heterocycles. The van der Waals surface area contributed by atoms with E-state index in [-0.39, 0.29) is 28.6 Å². The van der Waals surface area contributed by atoms with E-state index in [0.717, 1.165) is 49.4 Å². The van der Waals surface area contributed by atoms with Crippen LogP contribution in [0.1, 0.15) is 65.4 Å². The van der Waals surface area contributed by atoms with Gasteiger partial charge in [-0.3, -0.25) is 14.6 Å². The Balaban J connectivity index is 1.20. The van der Waals surface area contributed by atoms with Crippen LogP contribution in [0.2, 0.25) is 0 Å². The van der Waals surface area contributed by atoms with Crippen LogP contribution < -0.4 is 5.32 Å². The number of aromatic nitrogens is 2. The average molecular weight is 420 g/mol. The number of hydrogen-bond acceptors (Lipinski definition) is 4. The van der Waals surface area contributed by atoms with E-state index in [2.05, 4.69) is 27.1 Å². The van der Waals surface area contributed by atoms with Crippen LogP contribution >= 0.6 is 0 Å². The molecule has 3 fully saturated rings. The molecule has 1 N–H and O–H groups in total. The molecule has 2 aromatic heterocycles. The minimum atomic E-state index is -0.444. The van der Waals surface area contributed by atoms with Gasteiger partial charge in [0.15, 0.2) is 0 Å². The van der Waals surface area contributed by atoms with E-state index in [1.807, 2.05) is 6.07 Å². The maximum atomic E-state index is 13.1. The molecule has 6 nitrogen and oxygen atoms in total. The van der Waals surface area contributed by atoms with Crippen molar-refractivity contribution in [3.63, 3.8) is 0 Å². The van der Waals surface area contributed by atoms with Crippen molar-refractivity contribution >= 4 is 11.8 Å². The third-order valence-corrected chi connectivity index (χ3v) is 8.27. The highest BCUT2D eigenvalue weighted by Gasteiger charge is 2.64. The summed E-state index contributed by atoms with van der Waals surface area (Å²) in [5, 5.41) is 3.26. The molecule has 3 aliphatic carbocycles. The molecule has 7 heteroatoms. The van der Waals surface area contributed by atoms with Gasteiger partial charge in [-0.25, -0.2) is 9.37 Å². The number of nitrogens with zero attached hydrogens (tertiary/aromatic N) is 3. The lowest BCUT2D eigenvalue weighted by molar-refractivity contribution is -0.0189. The minimum Gasteiger partial charge on any atom is -0.345 e. The Hall–Kier alpha value is -2.83. The molecule has 0 aromatic carbocycles. The molecular formula is C24H25FN4O2. The molecule has 2 bridgehead atoms. The number of carbonyl (C=O) groups excluding carboxylic acids is 2. The van der Waals surface area contributed by atoms with Gasteiger partial charge in [0.05, 0.1) is 11.8 Å². The molecule has 1 aliphatic heterocycles. The summed E-state index contributed by atoms with van der Waals surface area (Å²) in [5.41, 5.74) is 1.72. The molecule has 0 radical (unpaired) electrons. The number of hydrogen-bond donors (Lipinski definition) is 1. The van der Waals surface area contributed by atoms with Gasteiger partial charge in [0.25, 0.3) is 11.8 Å². The van der Waals surface area contributed by atoms with Crippen molar-refractivity contribution in [3.05, 3.63) is 59.4 Å². The van der Waals surface area contributed by atoms with Gasteiger partial charge in [-0.2, -0.15) is 0 Å². The minimum absolute atomic E-state index is 0.102. The number of amides is 2. The summed E-state index contributed by atoms with van der Waals surface area (Å²) in [6.07, 6.45) is 9.42. The number of rotatable bonds is 3. The van der Waals surface area contributed by atoms with E-state index in [9.17, 15) is 14.0 Å². The van der Waals surface area contributed by atoms with E-state index >= 15 is 0 Å². The summed E-state index contributed by atoms with van der Waals surface area (Å²) in [7, 11) is 0. The summed E-state index contributed by atoms with van der Waals surface area (Å²) >= 11 is 0. The zero-order chi connectivity index (χ0) is 21.4. The highest BCUT2D eigenvalue weighted by Crippen LogP contribution is 2.63. The lowest BCUT2D eigenvalue weighted by atomic mass is 9.57. The van der Waals surface area contributed by atoms with Crippen LogP contribution in [0.3, 0.4) is 0 Å². The van der Waals surface area contributed by atoms with Crippen LogP contribution in [0.5, 0.6) is 0 Å². The predicted octanol–water partition coefficient (Wildman–Crippen LogP) is 3.34. The SMILES string of the molecule is CC1(N2Cc3ccncc3C2=O)CC2CC3C(CC3(NC(=O)c3ccc(F)cn3)C2)C1. The van der Waals surface area contributed by atoms with Crippen LogP contribution in [0.4, 0.5) is 4.39 Å². The van der Waals surface area contributed by atoms with Gasteiger partial charge in [-0.1, -0.05) is 0 Å². The second-order valence-electron chi connectivity index (χ2n) is 10.2. The van der Waals surface area contributed by atoms with Crippen LogP contribution in [-0.4, -0.2) is 37.8 Å². The van der Waals surface area contributed by atoms with Gasteiger partial charge in [0, 0.05) is 30.0 Å².